The number of nitrogens with zero attached hydrogens (tertiary/aromatic N) is 1. The van der Waals surface area contributed by atoms with Crippen LogP contribution < -0.4 is 0 Å². The third-order valence-electron chi connectivity index (χ3n) is 3.14. The Bertz CT molecular complexity index is 625. The third kappa shape index (κ3) is 2.53. The topological polar surface area (TPSA) is 43.8 Å². The molecule has 1 aliphatic heterocycles. The molecule has 4 heteroatoms. The maximum atomic E-state index is 11.7. The van der Waals surface area contributed by atoms with Crippen molar-refractivity contribution in [3.63, 3.8) is 0 Å². The van der Waals surface area contributed by atoms with E-state index >= 15 is 0 Å². The van der Waals surface area contributed by atoms with E-state index in [2.05, 4.69) is 11.1 Å². The molecule has 19 heavy (non-hydrogen) atoms. The van der Waals surface area contributed by atoms with E-state index < -0.39 is 0 Å². The monoisotopic (exact) mass is 257 g/mol. The van der Waals surface area contributed by atoms with Gasteiger partial charge < -0.3 is 14.0 Å². The summed E-state index contributed by atoms with van der Waals surface area (Å²) in [6.45, 7) is 5.46. The van der Waals surface area contributed by atoms with Gasteiger partial charge in [-0.05, 0) is 24.3 Å². The van der Waals surface area contributed by atoms with Crippen LogP contribution in [0.25, 0.3) is 10.9 Å². The molecule has 1 aromatic carbocycles. The molecule has 4 nitrogen and oxygen atoms in total. The second-order valence-electron chi connectivity index (χ2n) is 4.58. The van der Waals surface area contributed by atoms with E-state index in [-0.39, 0.29) is 12.6 Å². The fraction of sp³-hybridized carbons (Fsp3) is 0.267. The van der Waals surface area contributed by atoms with Crippen LogP contribution in [0, 0.1) is 0 Å². The minimum absolute atomic E-state index is 0.233. The van der Waals surface area contributed by atoms with Gasteiger partial charge in [-0.15, -0.1) is 0 Å². The molecule has 98 valence electrons. The molecule has 1 aliphatic rings. The first-order chi connectivity index (χ1) is 9.28. The molecule has 0 saturated carbocycles. The van der Waals surface area contributed by atoms with Crippen molar-refractivity contribution in [3.8, 4) is 0 Å². The molecule has 1 unspecified atom stereocenters. The second kappa shape index (κ2) is 4.90. The van der Waals surface area contributed by atoms with E-state index in [1.165, 1.54) is 0 Å². The molecule has 2 aromatic rings. The summed E-state index contributed by atoms with van der Waals surface area (Å²) in [5.41, 5.74) is 1.67. The summed E-state index contributed by atoms with van der Waals surface area (Å²) in [7, 11) is 0. The summed E-state index contributed by atoms with van der Waals surface area (Å²) in [6, 6.07) is 7.59. The predicted octanol–water partition coefficient (Wildman–Crippen LogP) is 2.38. The van der Waals surface area contributed by atoms with Crippen LogP contribution in [-0.4, -0.2) is 29.9 Å². The molecule has 1 aromatic heterocycles. The summed E-state index contributed by atoms with van der Waals surface area (Å²) >= 11 is 0. The Kier molecular flexibility index (Phi) is 3.09. The number of carbonyl (C=O) groups excluding carboxylic acids is 1. The summed E-state index contributed by atoms with van der Waals surface area (Å²) < 4.78 is 12.4. The molecular weight excluding hydrogens is 242 g/mol. The van der Waals surface area contributed by atoms with Gasteiger partial charge in [0.2, 0.25) is 0 Å². The highest BCUT2D eigenvalue weighted by molar-refractivity contribution is 5.94. The zero-order valence-electron chi connectivity index (χ0n) is 10.5. The van der Waals surface area contributed by atoms with Crippen molar-refractivity contribution in [2.75, 3.05) is 13.2 Å². The molecule has 0 aliphatic carbocycles. The van der Waals surface area contributed by atoms with Gasteiger partial charge in [-0.2, -0.15) is 0 Å². The maximum Gasteiger partial charge on any atom is 0.338 e. The molecule has 0 radical (unpaired) electrons. The van der Waals surface area contributed by atoms with Crippen LogP contribution in [0.15, 0.2) is 43.1 Å². The maximum absolute atomic E-state index is 11.7. The molecule has 0 amide bonds. The summed E-state index contributed by atoms with van der Waals surface area (Å²) in [6.07, 6.45) is 3.92. The van der Waals surface area contributed by atoms with Gasteiger partial charge in [-0.1, -0.05) is 12.7 Å². The molecule has 2 heterocycles. The Morgan fingerprint density at radius 2 is 2.37 bits per heavy atom. The Morgan fingerprint density at radius 3 is 3.11 bits per heavy atom. The van der Waals surface area contributed by atoms with Crippen LogP contribution in [0.2, 0.25) is 0 Å². The fourth-order valence-corrected chi connectivity index (χ4v) is 2.10. The molecule has 0 spiro atoms. The molecule has 0 N–H and O–H groups in total. The highest BCUT2D eigenvalue weighted by Gasteiger charge is 2.23. The average Bonchev–Trinajstić information content (AvgIpc) is 3.16. The third-order valence-corrected chi connectivity index (χ3v) is 3.14. The Balaban J connectivity index is 1.84. The van der Waals surface area contributed by atoms with Gasteiger partial charge in [0, 0.05) is 17.1 Å². The first-order valence-electron chi connectivity index (χ1n) is 6.26. The highest BCUT2D eigenvalue weighted by atomic mass is 16.6. The van der Waals surface area contributed by atoms with Gasteiger partial charge in [0.15, 0.2) is 0 Å². The second-order valence-corrected chi connectivity index (χ2v) is 4.58. The molecule has 3 rings (SSSR count). The van der Waals surface area contributed by atoms with Crippen LogP contribution in [0.3, 0.4) is 0 Å². The SMILES string of the molecule is C=CCOC(=O)c1ccc2c(ccn2CC2CO2)c1. The molecule has 0 bridgehead atoms. The number of benzene rings is 1. The van der Waals surface area contributed by atoms with E-state index in [1.807, 2.05) is 24.4 Å². The van der Waals surface area contributed by atoms with Gasteiger partial charge in [0.05, 0.1) is 24.8 Å². The molecule has 1 saturated heterocycles. The van der Waals surface area contributed by atoms with Gasteiger partial charge >= 0.3 is 5.97 Å². The lowest BCUT2D eigenvalue weighted by Gasteiger charge is -2.04. The van der Waals surface area contributed by atoms with Crippen molar-refractivity contribution in [2.24, 2.45) is 0 Å². The van der Waals surface area contributed by atoms with Crippen molar-refractivity contribution in [3.05, 3.63) is 48.7 Å². The highest BCUT2D eigenvalue weighted by Crippen LogP contribution is 2.21. The van der Waals surface area contributed by atoms with Crippen molar-refractivity contribution >= 4 is 16.9 Å². The van der Waals surface area contributed by atoms with Gasteiger partial charge in [-0.25, -0.2) is 4.79 Å². The molecule has 1 atom stereocenters. The lowest BCUT2D eigenvalue weighted by molar-refractivity contribution is 0.0550. The smallest absolute Gasteiger partial charge is 0.338 e. The number of ether oxygens (including phenoxy) is 2. The van der Waals surface area contributed by atoms with Crippen molar-refractivity contribution in [1.29, 1.82) is 0 Å². The number of epoxide rings is 1. The van der Waals surface area contributed by atoms with Crippen LogP contribution in [0.5, 0.6) is 0 Å². The quantitative estimate of drug-likeness (QED) is 0.469. The summed E-state index contributed by atoms with van der Waals surface area (Å²) in [5.74, 6) is -0.319. The number of hydrogen-bond donors (Lipinski definition) is 0. The molecular formula is C15H15NO3. The van der Waals surface area contributed by atoms with Gasteiger partial charge in [-0.3, -0.25) is 0 Å². The Morgan fingerprint density at radius 1 is 1.53 bits per heavy atom. The predicted molar refractivity (Wildman–Crippen MR) is 72.2 cm³/mol. The first kappa shape index (κ1) is 12.0. The van der Waals surface area contributed by atoms with Crippen molar-refractivity contribution < 1.29 is 14.3 Å². The van der Waals surface area contributed by atoms with Crippen LogP contribution >= 0.6 is 0 Å². The minimum Gasteiger partial charge on any atom is -0.458 e. The standard InChI is InChI=1S/C15H15NO3/c1-2-7-18-15(17)12-3-4-14-11(8-12)5-6-16(14)9-13-10-19-13/h2-6,8,13H,1,7,9-10H2. The number of rotatable bonds is 5. The van der Waals surface area contributed by atoms with E-state index in [0.29, 0.717) is 11.7 Å². The van der Waals surface area contributed by atoms with Crippen molar-refractivity contribution in [2.45, 2.75) is 12.6 Å². The average molecular weight is 257 g/mol. The fourth-order valence-electron chi connectivity index (χ4n) is 2.10. The number of hydrogen-bond acceptors (Lipinski definition) is 3. The first-order valence-corrected chi connectivity index (χ1v) is 6.26. The Labute approximate surface area is 111 Å². The largest absolute Gasteiger partial charge is 0.458 e. The van der Waals surface area contributed by atoms with Crippen LogP contribution in [-0.2, 0) is 16.0 Å². The number of carbonyl (C=O) groups is 1. The zero-order valence-corrected chi connectivity index (χ0v) is 10.5. The van der Waals surface area contributed by atoms with E-state index in [1.54, 1.807) is 12.1 Å². The molecule has 1 fully saturated rings. The lowest BCUT2D eigenvalue weighted by atomic mass is 10.1. The van der Waals surface area contributed by atoms with E-state index in [0.717, 1.165) is 24.1 Å². The number of esters is 1. The number of fused-ring (bicyclic) bond motifs is 1. The van der Waals surface area contributed by atoms with Crippen LogP contribution in [0.1, 0.15) is 10.4 Å². The van der Waals surface area contributed by atoms with E-state index in [4.69, 9.17) is 9.47 Å². The van der Waals surface area contributed by atoms with Crippen LogP contribution in [0.4, 0.5) is 0 Å². The Hall–Kier alpha value is -2.07. The van der Waals surface area contributed by atoms with Crippen molar-refractivity contribution in [1.82, 2.24) is 4.57 Å². The van der Waals surface area contributed by atoms with Gasteiger partial charge in [0.1, 0.15) is 6.61 Å². The summed E-state index contributed by atoms with van der Waals surface area (Å²) in [4.78, 5) is 11.7. The number of aromatic nitrogens is 1. The minimum atomic E-state index is -0.319. The van der Waals surface area contributed by atoms with Gasteiger partial charge in [0.25, 0.3) is 0 Å². The van der Waals surface area contributed by atoms with E-state index in [9.17, 15) is 4.79 Å². The zero-order chi connectivity index (χ0) is 13.2. The summed E-state index contributed by atoms with van der Waals surface area (Å²) in [5, 5.41) is 1.04. The normalized spacial score (nSPS) is 17.4. The lowest BCUT2D eigenvalue weighted by Crippen LogP contribution is -2.05.